The van der Waals surface area contributed by atoms with E-state index < -0.39 is 0 Å². The van der Waals surface area contributed by atoms with E-state index in [4.69, 9.17) is 0 Å². The Morgan fingerprint density at radius 3 is 2.12 bits per heavy atom. The second kappa shape index (κ2) is 7.11. The van der Waals surface area contributed by atoms with Crippen LogP contribution in [0.2, 0.25) is 0 Å². The Morgan fingerprint density at radius 2 is 1.38 bits per heavy atom. The fourth-order valence-corrected chi connectivity index (χ4v) is 3.03. The summed E-state index contributed by atoms with van der Waals surface area (Å²) in [6.45, 7) is 0. The Morgan fingerprint density at radius 1 is 0.750 bits per heavy atom. The van der Waals surface area contributed by atoms with Crippen LogP contribution in [0.5, 0.6) is 0 Å². The topological polar surface area (TPSA) is 12.0 Å². The standard InChI is InChI=1S/C15H27N/c1-2-4-6-8-11-15-13-9-12-14(16-15)10-7-5-3-1/h9,12,14-16H,1-8,10-11,13H2. The first-order valence-electron chi connectivity index (χ1n) is 7.38. The predicted octanol–water partition coefficient (Wildman–Crippen LogP) is 4.19. The maximum atomic E-state index is 3.80. The van der Waals surface area contributed by atoms with Gasteiger partial charge in [-0.2, -0.15) is 0 Å². The molecule has 1 nitrogen and oxygen atoms in total. The zero-order valence-corrected chi connectivity index (χ0v) is 10.6. The summed E-state index contributed by atoms with van der Waals surface area (Å²) in [5.41, 5.74) is 0. The van der Waals surface area contributed by atoms with E-state index >= 15 is 0 Å². The van der Waals surface area contributed by atoms with Crippen molar-refractivity contribution in [2.75, 3.05) is 0 Å². The second-order valence-corrected chi connectivity index (χ2v) is 5.54. The van der Waals surface area contributed by atoms with Crippen molar-refractivity contribution in [1.82, 2.24) is 5.32 Å². The molecule has 0 aromatic rings. The van der Waals surface area contributed by atoms with Crippen LogP contribution in [-0.2, 0) is 0 Å². The summed E-state index contributed by atoms with van der Waals surface area (Å²) in [6.07, 6.45) is 20.4. The van der Waals surface area contributed by atoms with Gasteiger partial charge in [0.2, 0.25) is 0 Å². The van der Waals surface area contributed by atoms with Gasteiger partial charge in [-0.3, -0.25) is 0 Å². The first-order chi connectivity index (χ1) is 7.95. The molecule has 92 valence electrons. The van der Waals surface area contributed by atoms with Gasteiger partial charge in [0.1, 0.15) is 0 Å². The first-order valence-corrected chi connectivity index (χ1v) is 7.38. The minimum atomic E-state index is 0.680. The van der Waals surface area contributed by atoms with Crippen molar-refractivity contribution in [3.63, 3.8) is 0 Å². The van der Waals surface area contributed by atoms with Gasteiger partial charge in [-0.05, 0) is 19.3 Å². The highest BCUT2D eigenvalue weighted by atomic mass is 14.9. The third kappa shape index (κ3) is 4.29. The lowest BCUT2D eigenvalue weighted by Gasteiger charge is -2.27. The van der Waals surface area contributed by atoms with E-state index in [9.17, 15) is 0 Å². The van der Waals surface area contributed by atoms with Gasteiger partial charge in [0, 0.05) is 12.1 Å². The number of hydrogen-bond acceptors (Lipinski definition) is 1. The zero-order valence-electron chi connectivity index (χ0n) is 10.6. The smallest absolute Gasteiger partial charge is 0.0252 e. The van der Waals surface area contributed by atoms with E-state index in [0.717, 1.165) is 6.04 Å². The van der Waals surface area contributed by atoms with Crippen LogP contribution >= 0.6 is 0 Å². The van der Waals surface area contributed by atoms with Gasteiger partial charge >= 0.3 is 0 Å². The van der Waals surface area contributed by atoms with Crippen LogP contribution in [0.25, 0.3) is 0 Å². The molecule has 1 saturated heterocycles. The molecule has 2 aliphatic heterocycles. The zero-order chi connectivity index (χ0) is 11.1. The van der Waals surface area contributed by atoms with Gasteiger partial charge in [-0.1, -0.05) is 63.5 Å². The summed E-state index contributed by atoms with van der Waals surface area (Å²) >= 11 is 0. The normalized spacial score (nSPS) is 33.5. The molecule has 2 bridgehead atoms. The summed E-state index contributed by atoms with van der Waals surface area (Å²) in [4.78, 5) is 0. The lowest BCUT2D eigenvalue weighted by Crippen LogP contribution is -2.39. The van der Waals surface area contributed by atoms with Crippen LogP contribution in [-0.4, -0.2) is 12.1 Å². The van der Waals surface area contributed by atoms with Crippen molar-refractivity contribution in [3.05, 3.63) is 12.2 Å². The summed E-state index contributed by atoms with van der Waals surface area (Å²) in [7, 11) is 0. The molecule has 1 N–H and O–H groups in total. The molecule has 0 spiro atoms. The third-order valence-corrected chi connectivity index (χ3v) is 4.06. The Balaban J connectivity index is 1.80. The molecular weight excluding hydrogens is 194 g/mol. The molecule has 1 fully saturated rings. The van der Waals surface area contributed by atoms with E-state index in [0.29, 0.717) is 6.04 Å². The molecule has 2 heterocycles. The summed E-state index contributed by atoms with van der Waals surface area (Å²) in [6, 6.07) is 1.45. The highest BCUT2D eigenvalue weighted by molar-refractivity contribution is 5.01. The van der Waals surface area contributed by atoms with Crippen LogP contribution in [0.15, 0.2) is 12.2 Å². The first kappa shape index (κ1) is 12.2. The fourth-order valence-electron chi connectivity index (χ4n) is 3.03. The van der Waals surface area contributed by atoms with E-state index in [1.165, 1.54) is 70.6 Å². The maximum Gasteiger partial charge on any atom is 0.0252 e. The molecule has 2 unspecified atom stereocenters. The lowest BCUT2D eigenvalue weighted by atomic mass is 9.98. The van der Waals surface area contributed by atoms with E-state index in [2.05, 4.69) is 17.5 Å². The number of rotatable bonds is 0. The average molecular weight is 221 g/mol. The van der Waals surface area contributed by atoms with Gasteiger partial charge < -0.3 is 5.32 Å². The van der Waals surface area contributed by atoms with E-state index in [1.807, 2.05) is 0 Å². The monoisotopic (exact) mass is 221 g/mol. The van der Waals surface area contributed by atoms with Crippen LogP contribution in [0, 0.1) is 0 Å². The molecule has 0 aromatic heterocycles. The molecular formula is C15H27N. The molecule has 0 amide bonds. The molecule has 2 rings (SSSR count). The largest absolute Gasteiger partial charge is 0.307 e. The Labute approximate surface area is 101 Å². The Bertz CT molecular complexity index is 209. The van der Waals surface area contributed by atoms with Crippen LogP contribution in [0.3, 0.4) is 0 Å². The van der Waals surface area contributed by atoms with E-state index in [1.54, 1.807) is 0 Å². The third-order valence-electron chi connectivity index (χ3n) is 4.06. The van der Waals surface area contributed by atoms with Crippen molar-refractivity contribution < 1.29 is 0 Å². The van der Waals surface area contributed by atoms with Crippen molar-refractivity contribution in [1.29, 1.82) is 0 Å². The quantitative estimate of drug-likeness (QED) is 0.605. The van der Waals surface area contributed by atoms with Crippen LogP contribution in [0.4, 0.5) is 0 Å². The molecule has 0 aliphatic carbocycles. The highest BCUT2D eigenvalue weighted by Gasteiger charge is 2.16. The number of fused-ring (bicyclic) bond motifs is 2. The van der Waals surface area contributed by atoms with Crippen molar-refractivity contribution in [3.8, 4) is 0 Å². The predicted molar refractivity (Wildman–Crippen MR) is 70.6 cm³/mol. The van der Waals surface area contributed by atoms with Crippen molar-refractivity contribution >= 4 is 0 Å². The highest BCUT2D eigenvalue weighted by Crippen LogP contribution is 2.18. The van der Waals surface area contributed by atoms with Gasteiger partial charge in [0.15, 0.2) is 0 Å². The maximum absolute atomic E-state index is 3.80. The second-order valence-electron chi connectivity index (χ2n) is 5.54. The number of nitrogens with one attached hydrogen (secondary N) is 1. The molecule has 0 radical (unpaired) electrons. The van der Waals surface area contributed by atoms with E-state index in [-0.39, 0.29) is 0 Å². The van der Waals surface area contributed by atoms with Gasteiger partial charge in [-0.15, -0.1) is 0 Å². The minimum Gasteiger partial charge on any atom is -0.307 e. The Kier molecular flexibility index (Phi) is 5.41. The van der Waals surface area contributed by atoms with Crippen molar-refractivity contribution in [2.45, 2.75) is 82.7 Å². The Hall–Kier alpha value is -0.300. The fraction of sp³-hybridized carbons (Fsp3) is 0.867. The lowest BCUT2D eigenvalue weighted by molar-refractivity contribution is 0.397. The molecule has 2 atom stereocenters. The number of hydrogen-bond donors (Lipinski definition) is 1. The summed E-state index contributed by atoms with van der Waals surface area (Å²) < 4.78 is 0. The minimum absolute atomic E-state index is 0.680. The van der Waals surface area contributed by atoms with Gasteiger partial charge in [0.05, 0.1) is 0 Å². The van der Waals surface area contributed by atoms with Gasteiger partial charge in [0.25, 0.3) is 0 Å². The average Bonchev–Trinajstić information content (AvgIpc) is 2.32. The molecule has 1 heteroatoms. The molecule has 2 aliphatic rings. The summed E-state index contributed by atoms with van der Waals surface area (Å²) in [5.74, 6) is 0. The van der Waals surface area contributed by atoms with Gasteiger partial charge in [-0.25, -0.2) is 0 Å². The van der Waals surface area contributed by atoms with Crippen LogP contribution in [0.1, 0.15) is 70.6 Å². The SMILES string of the molecule is C1=CC2CCCCCCCCCCC(C1)N2. The molecule has 0 saturated carbocycles. The van der Waals surface area contributed by atoms with Crippen molar-refractivity contribution in [2.24, 2.45) is 0 Å². The molecule has 0 aromatic carbocycles. The molecule has 16 heavy (non-hydrogen) atoms. The van der Waals surface area contributed by atoms with Crippen LogP contribution < -0.4 is 5.32 Å². The summed E-state index contributed by atoms with van der Waals surface area (Å²) in [5, 5.41) is 3.80.